The lowest BCUT2D eigenvalue weighted by molar-refractivity contribution is -0.137. The number of aryl methyl sites for hydroxylation is 1. The summed E-state index contributed by atoms with van der Waals surface area (Å²) in [5.74, 6) is -3.08. The Morgan fingerprint density at radius 1 is 1.44 bits per heavy atom. The van der Waals surface area contributed by atoms with Crippen LogP contribution >= 0.6 is 0 Å². The maximum atomic E-state index is 13.4. The zero-order valence-electron chi connectivity index (χ0n) is 8.84. The number of carbonyl (C=O) groups is 1. The predicted molar refractivity (Wildman–Crippen MR) is 55.1 cm³/mol. The minimum absolute atomic E-state index is 0.00823. The van der Waals surface area contributed by atoms with E-state index in [-0.39, 0.29) is 24.1 Å². The van der Waals surface area contributed by atoms with Crippen molar-refractivity contribution in [1.82, 2.24) is 0 Å². The van der Waals surface area contributed by atoms with Crippen LogP contribution in [0.3, 0.4) is 0 Å². The Morgan fingerprint density at radius 3 is 2.56 bits per heavy atom. The molecule has 3 nitrogen and oxygen atoms in total. The van der Waals surface area contributed by atoms with Gasteiger partial charge in [-0.1, -0.05) is 0 Å². The predicted octanol–water partition coefficient (Wildman–Crippen LogP) is 1.79. The van der Waals surface area contributed by atoms with E-state index in [1.165, 1.54) is 13.0 Å². The first-order chi connectivity index (χ1) is 7.45. The van der Waals surface area contributed by atoms with Crippen LogP contribution in [0.25, 0.3) is 0 Å². The molecule has 0 radical (unpaired) electrons. The van der Waals surface area contributed by atoms with Crippen molar-refractivity contribution in [1.29, 1.82) is 0 Å². The smallest absolute Gasteiger partial charge is 0.304 e. The molecule has 0 fully saturated rings. The monoisotopic (exact) mass is 229 g/mol. The van der Waals surface area contributed by atoms with Crippen molar-refractivity contribution in [2.24, 2.45) is 5.73 Å². The quantitative estimate of drug-likeness (QED) is 0.827. The van der Waals surface area contributed by atoms with Crippen molar-refractivity contribution in [3.63, 3.8) is 0 Å². The Morgan fingerprint density at radius 2 is 2.06 bits per heavy atom. The summed E-state index contributed by atoms with van der Waals surface area (Å²) in [5, 5.41) is 8.64. The molecule has 1 aromatic rings. The summed E-state index contributed by atoms with van der Waals surface area (Å²) in [6.07, 6.45) is -0.265. The van der Waals surface area contributed by atoms with Crippen LogP contribution in [0, 0.1) is 18.6 Å². The van der Waals surface area contributed by atoms with Crippen molar-refractivity contribution in [3.8, 4) is 0 Å². The number of carboxylic acid groups (broad SMARTS) is 1. The zero-order chi connectivity index (χ0) is 12.3. The molecule has 0 amide bonds. The van der Waals surface area contributed by atoms with Crippen LogP contribution in [-0.4, -0.2) is 17.6 Å². The van der Waals surface area contributed by atoms with E-state index in [1.54, 1.807) is 0 Å². The van der Waals surface area contributed by atoms with Crippen LogP contribution in [0.4, 0.5) is 8.78 Å². The van der Waals surface area contributed by atoms with Crippen LogP contribution < -0.4 is 5.73 Å². The van der Waals surface area contributed by atoms with Gasteiger partial charge in [0, 0.05) is 12.0 Å². The van der Waals surface area contributed by atoms with Crippen molar-refractivity contribution >= 4 is 5.97 Å². The number of rotatable bonds is 4. The number of aliphatic carboxylic acids is 1. The molecule has 1 rings (SSSR count). The molecule has 0 heterocycles. The molecular formula is C11H13F2NO2. The molecule has 0 aliphatic carbocycles. The second-order valence-electron chi connectivity index (χ2n) is 3.65. The SMILES string of the molecule is Cc1cc(C(CN)CC(=O)O)c(F)cc1F. The van der Waals surface area contributed by atoms with E-state index in [4.69, 9.17) is 10.8 Å². The molecule has 0 spiro atoms. The molecule has 1 unspecified atom stereocenters. The second kappa shape index (κ2) is 5.03. The van der Waals surface area contributed by atoms with E-state index in [0.717, 1.165) is 6.07 Å². The maximum absolute atomic E-state index is 13.4. The van der Waals surface area contributed by atoms with Crippen molar-refractivity contribution in [3.05, 3.63) is 34.9 Å². The highest BCUT2D eigenvalue weighted by atomic mass is 19.1. The molecule has 5 heteroatoms. The fourth-order valence-corrected chi connectivity index (χ4v) is 1.52. The molecule has 1 aromatic carbocycles. The maximum Gasteiger partial charge on any atom is 0.304 e. The van der Waals surface area contributed by atoms with Crippen molar-refractivity contribution in [2.45, 2.75) is 19.3 Å². The normalized spacial score (nSPS) is 12.5. The highest BCUT2D eigenvalue weighted by molar-refractivity contribution is 5.68. The number of hydrogen-bond donors (Lipinski definition) is 2. The van der Waals surface area contributed by atoms with Gasteiger partial charge in [0.25, 0.3) is 0 Å². The van der Waals surface area contributed by atoms with Gasteiger partial charge in [-0.05, 0) is 30.7 Å². The van der Waals surface area contributed by atoms with Gasteiger partial charge >= 0.3 is 5.97 Å². The summed E-state index contributed by atoms with van der Waals surface area (Å²) >= 11 is 0. The van der Waals surface area contributed by atoms with E-state index in [9.17, 15) is 13.6 Å². The minimum Gasteiger partial charge on any atom is -0.481 e. The third kappa shape index (κ3) is 2.76. The minimum atomic E-state index is -1.06. The number of benzene rings is 1. The molecular weight excluding hydrogens is 216 g/mol. The van der Waals surface area contributed by atoms with Gasteiger partial charge in [0.05, 0.1) is 6.42 Å². The van der Waals surface area contributed by atoms with Gasteiger partial charge in [0.1, 0.15) is 11.6 Å². The zero-order valence-corrected chi connectivity index (χ0v) is 8.84. The molecule has 0 saturated carbocycles. The molecule has 1 atom stereocenters. The third-order valence-electron chi connectivity index (χ3n) is 2.42. The number of carboxylic acids is 1. The number of hydrogen-bond acceptors (Lipinski definition) is 2. The highest BCUT2D eigenvalue weighted by Gasteiger charge is 2.19. The molecule has 3 N–H and O–H groups in total. The van der Waals surface area contributed by atoms with Crippen LogP contribution in [-0.2, 0) is 4.79 Å². The van der Waals surface area contributed by atoms with E-state index in [0.29, 0.717) is 0 Å². The summed E-state index contributed by atoms with van der Waals surface area (Å²) in [7, 11) is 0. The molecule has 0 aliphatic heterocycles. The van der Waals surface area contributed by atoms with Gasteiger partial charge in [-0.15, -0.1) is 0 Å². The molecule has 88 valence electrons. The largest absolute Gasteiger partial charge is 0.481 e. The second-order valence-corrected chi connectivity index (χ2v) is 3.65. The summed E-state index contributed by atoms with van der Waals surface area (Å²) in [6.45, 7) is 1.50. The first kappa shape index (κ1) is 12.6. The lowest BCUT2D eigenvalue weighted by Gasteiger charge is -2.14. The van der Waals surface area contributed by atoms with Crippen molar-refractivity contribution in [2.75, 3.05) is 6.54 Å². The molecule has 0 bridgehead atoms. The van der Waals surface area contributed by atoms with Gasteiger partial charge in [0.2, 0.25) is 0 Å². The third-order valence-corrected chi connectivity index (χ3v) is 2.42. The summed E-state index contributed by atoms with van der Waals surface area (Å²) in [5.41, 5.74) is 5.82. The first-order valence-electron chi connectivity index (χ1n) is 4.83. The molecule has 0 aromatic heterocycles. The summed E-state index contributed by atoms with van der Waals surface area (Å²) in [6, 6.07) is 2.07. The topological polar surface area (TPSA) is 63.3 Å². The fourth-order valence-electron chi connectivity index (χ4n) is 1.52. The van der Waals surface area contributed by atoms with Crippen LogP contribution in [0.15, 0.2) is 12.1 Å². The first-order valence-corrected chi connectivity index (χ1v) is 4.83. The van der Waals surface area contributed by atoms with Gasteiger partial charge in [0.15, 0.2) is 0 Å². The highest BCUT2D eigenvalue weighted by Crippen LogP contribution is 2.24. The van der Waals surface area contributed by atoms with Crippen LogP contribution in [0.5, 0.6) is 0 Å². The van der Waals surface area contributed by atoms with Gasteiger partial charge in [-0.3, -0.25) is 4.79 Å². The van der Waals surface area contributed by atoms with E-state index < -0.39 is 23.5 Å². The Hall–Kier alpha value is -1.49. The Labute approximate surface area is 91.9 Å². The molecule has 16 heavy (non-hydrogen) atoms. The average molecular weight is 229 g/mol. The average Bonchev–Trinajstić information content (AvgIpc) is 2.20. The Balaban J connectivity index is 3.09. The lowest BCUT2D eigenvalue weighted by atomic mass is 9.94. The van der Waals surface area contributed by atoms with E-state index in [1.807, 2.05) is 0 Å². The van der Waals surface area contributed by atoms with E-state index >= 15 is 0 Å². The fraction of sp³-hybridized carbons (Fsp3) is 0.364. The Bertz CT molecular complexity index is 407. The van der Waals surface area contributed by atoms with Gasteiger partial charge in [-0.2, -0.15) is 0 Å². The standard InChI is InChI=1S/C11H13F2NO2/c1-6-2-8(10(13)4-9(6)12)7(5-14)3-11(15)16/h2,4,7H,3,5,14H2,1H3,(H,15,16). The lowest BCUT2D eigenvalue weighted by Crippen LogP contribution is -2.17. The summed E-state index contributed by atoms with van der Waals surface area (Å²) < 4.78 is 26.4. The number of nitrogens with two attached hydrogens (primary N) is 1. The number of halogens is 2. The van der Waals surface area contributed by atoms with E-state index in [2.05, 4.69) is 0 Å². The van der Waals surface area contributed by atoms with Gasteiger partial charge < -0.3 is 10.8 Å². The molecule has 0 aliphatic rings. The summed E-state index contributed by atoms with van der Waals surface area (Å²) in [4.78, 5) is 10.6. The van der Waals surface area contributed by atoms with Gasteiger partial charge in [-0.25, -0.2) is 8.78 Å². The Kier molecular flexibility index (Phi) is 3.95. The van der Waals surface area contributed by atoms with Crippen molar-refractivity contribution < 1.29 is 18.7 Å². The molecule has 0 saturated heterocycles. The van der Waals surface area contributed by atoms with Crippen LogP contribution in [0.2, 0.25) is 0 Å². The van der Waals surface area contributed by atoms with Crippen LogP contribution in [0.1, 0.15) is 23.5 Å².